The Labute approximate surface area is 153 Å². The van der Waals surface area contributed by atoms with E-state index in [1.807, 2.05) is 20.8 Å². The van der Waals surface area contributed by atoms with E-state index in [9.17, 15) is 14.4 Å². The molecular formula is C19H26N2O5. The molecule has 0 aromatic heterocycles. The highest BCUT2D eigenvalue weighted by molar-refractivity contribution is 5.94. The van der Waals surface area contributed by atoms with Crippen molar-refractivity contribution in [3.63, 3.8) is 0 Å². The Morgan fingerprint density at radius 1 is 1.23 bits per heavy atom. The maximum atomic E-state index is 12.7. The van der Waals surface area contributed by atoms with Gasteiger partial charge >= 0.3 is 5.97 Å². The van der Waals surface area contributed by atoms with Crippen LogP contribution in [0.15, 0.2) is 24.3 Å². The van der Waals surface area contributed by atoms with E-state index in [1.54, 1.807) is 29.2 Å². The summed E-state index contributed by atoms with van der Waals surface area (Å²) in [7, 11) is 0. The van der Waals surface area contributed by atoms with Crippen LogP contribution < -0.4 is 5.32 Å². The fourth-order valence-electron chi connectivity index (χ4n) is 2.67. The van der Waals surface area contributed by atoms with Crippen LogP contribution in [0, 0.1) is 5.41 Å². The van der Waals surface area contributed by atoms with Crippen LogP contribution in [0.4, 0.5) is 0 Å². The first kappa shape index (κ1) is 19.9. The fraction of sp³-hybridized carbons (Fsp3) is 0.526. The maximum absolute atomic E-state index is 12.7. The number of amides is 2. The number of carbonyl (C=O) groups is 3. The summed E-state index contributed by atoms with van der Waals surface area (Å²) < 4.78 is 5.30. The zero-order valence-corrected chi connectivity index (χ0v) is 15.4. The van der Waals surface area contributed by atoms with Gasteiger partial charge in [-0.15, -0.1) is 0 Å². The molecule has 2 N–H and O–H groups in total. The highest BCUT2D eigenvalue weighted by Gasteiger charge is 2.29. The van der Waals surface area contributed by atoms with Crippen molar-refractivity contribution in [2.24, 2.45) is 5.41 Å². The van der Waals surface area contributed by atoms with E-state index in [2.05, 4.69) is 5.32 Å². The molecule has 1 unspecified atom stereocenters. The normalized spacial score (nSPS) is 17.7. The minimum Gasteiger partial charge on any atom is -0.481 e. The van der Waals surface area contributed by atoms with Crippen molar-refractivity contribution >= 4 is 17.8 Å². The molecule has 2 rings (SSSR count). The van der Waals surface area contributed by atoms with Gasteiger partial charge in [0.1, 0.15) is 0 Å². The second-order valence-corrected chi connectivity index (χ2v) is 7.45. The Kier molecular flexibility index (Phi) is 6.37. The number of hydrogen-bond donors (Lipinski definition) is 2. The highest BCUT2D eigenvalue weighted by Crippen LogP contribution is 2.17. The SMILES string of the molecule is CC(C)(C)C(=O)NCc1ccc(C(=O)N2CCOCC2CC(=O)O)cc1. The summed E-state index contributed by atoms with van der Waals surface area (Å²) in [5.41, 5.74) is 0.933. The standard InChI is InChI=1S/C19H26N2O5/c1-19(2,3)18(25)20-11-13-4-6-14(7-5-13)17(24)21-8-9-26-12-15(21)10-16(22)23/h4-7,15H,8-12H2,1-3H3,(H,20,25)(H,22,23). The fourth-order valence-corrected chi connectivity index (χ4v) is 2.67. The number of aliphatic carboxylic acids is 1. The van der Waals surface area contributed by atoms with Gasteiger partial charge in [-0.1, -0.05) is 32.9 Å². The van der Waals surface area contributed by atoms with E-state index in [-0.39, 0.29) is 24.8 Å². The molecule has 1 fully saturated rings. The number of morpholine rings is 1. The molecule has 1 aromatic carbocycles. The minimum absolute atomic E-state index is 0.0394. The molecule has 7 heteroatoms. The van der Waals surface area contributed by atoms with Crippen molar-refractivity contribution in [1.29, 1.82) is 0 Å². The first-order chi connectivity index (χ1) is 12.2. The third-order valence-corrected chi connectivity index (χ3v) is 4.23. The summed E-state index contributed by atoms with van der Waals surface area (Å²) in [6.45, 7) is 6.94. The molecule has 0 radical (unpaired) electrons. The van der Waals surface area contributed by atoms with Crippen LogP contribution in [-0.2, 0) is 20.9 Å². The second-order valence-electron chi connectivity index (χ2n) is 7.45. The second kappa shape index (κ2) is 8.31. The van der Waals surface area contributed by atoms with Crippen LogP contribution in [0.25, 0.3) is 0 Å². The van der Waals surface area contributed by atoms with Crippen molar-refractivity contribution in [2.75, 3.05) is 19.8 Å². The van der Waals surface area contributed by atoms with Crippen molar-refractivity contribution in [1.82, 2.24) is 10.2 Å². The topological polar surface area (TPSA) is 95.9 Å². The Balaban J connectivity index is 2.01. The molecule has 142 valence electrons. The summed E-state index contributed by atoms with van der Waals surface area (Å²) in [6.07, 6.45) is -0.136. The molecule has 26 heavy (non-hydrogen) atoms. The first-order valence-corrected chi connectivity index (χ1v) is 8.66. The van der Waals surface area contributed by atoms with Crippen LogP contribution in [0.2, 0.25) is 0 Å². The van der Waals surface area contributed by atoms with Gasteiger partial charge in [-0.3, -0.25) is 14.4 Å². The van der Waals surface area contributed by atoms with E-state index < -0.39 is 17.4 Å². The van der Waals surface area contributed by atoms with Gasteiger partial charge in [0.25, 0.3) is 5.91 Å². The molecule has 1 atom stereocenters. The van der Waals surface area contributed by atoms with Crippen molar-refractivity contribution in [2.45, 2.75) is 39.8 Å². The van der Waals surface area contributed by atoms with Gasteiger partial charge in [0.2, 0.25) is 5.91 Å². The van der Waals surface area contributed by atoms with E-state index in [1.165, 1.54) is 0 Å². The van der Waals surface area contributed by atoms with Gasteiger partial charge in [-0.2, -0.15) is 0 Å². The molecule has 7 nitrogen and oxygen atoms in total. The number of benzene rings is 1. The Hall–Kier alpha value is -2.41. The summed E-state index contributed by atoms with van der Waals surface area (Å²) in [6, 6.07) is 6.54. The molecule has 2 amide bonds. The molecule has 0 bridgehead atoms. The van der Waals surface area contributed by atoms with Gasteiger partial charge < -0.3 is 20.1 Å². The number of carboxylic acid groups (broad SMARTS) is 1. The van der Waals surface area contributed by atoms with Crippen molar-refractivity contribution in [3.05, 3.63) is 35.4 Å². The van der Waals surface area contributed by atoms with Crippen LogP contribution in [0.5, 0.6) is 0 Å². The largest absolute Gasteiger partial charge is 0.481 e. The number of ether oxygens (including phenoxy) is 1. The lowest BCUT2D eigenvalue weighted by molar-refractivity contribution is -0.139. The first-order valence-electron chi connectivity index (χ1n) is 8.66. The summed E-state index contributed by atoms with van der Waals surface area (Å²) in [5.74, 6) is -1.20. The summed E-state index contributed by atoms with van der Waals surface area (Å²) in [4.78, 5) is 37.2. The Bertz CT molecular complexity index is 664. The third kappa shape index (κ3) is 5.29. The van der Waals surface area contributed by atoms with E-state index in [0.717, 1.165) is 5.56 Å². The minimum atomic E-state index is -0.955. The molecule has 0 spiro atoms. The predicted octanol–water partition coefficient (Wildman–Crippen LogP) is 1.66. The number of nitrogens with zero attached hydrogens (tertiary/aromatic N) is 1. The number of nitrogens with one attached hydrogen (secondary N) is 1. The van der Waals surface area contributed by atoms with Crippen molar-refractivity contribution < 1.29 is 24.2 Å². The number of carboxylic acids is 1. The van der Waals surface area contributed by atoms with Crippen LogP contribution in [-0.4, -0.2) is 53.6 Å². The quantitative estimate of drug-likeness (QED) is 0.831. The number of hydrogen-bond acceptors (Lipinski definition) is 4. The number of carbonyl (C=O) groups excluding carboxylic acids is 2. The molecular weight excluding hydrogens is 336 g/mol. The van der Waals surface area contributed by atoms with Crippen molar-refractivity contribution in [3.8, 4) is 0 Å². The predicted molar refractivity (Wildman–Crippen MR) is 95.6 cm³/mol. The average molecular weight is 362 g/mol. The zero-order valence-electron chi connectivity index (χ0n) is 15.4. The van der Waals surface area contributed by atoms with Crippen LogP contribution in [0.1, 0.15) is 43.1 Å². The van der Waals surface area contributed by atoms with Gasteiger partial charge in [0.05, 0.1) is 25.7 Å². The molecule has 1 aliphatic rings. The van der Waals surface area contributed by atoms with E-state index in [0.29, 0.717) is 25.3 Å². The lowest BCUT2D eigenvalue weighted by atomic mass is 9.95. The highest BCUT2D eigenvalue weighted by atomic mass is 16.5. The Morgan fingerprint density at radius 3 is 2.46 bits per heavy atom. The molecule has 0 saturated carbocycles. The van der Waals surface area contributed by atoms with Gasteiger partial charge in [-0.05, 0) is 17.7 Å². The van der Waals surface area contributed by atoms with E-state index in [4.69, 9.17) is 9.84 Å². The maximum Gasteiger partial charge on any atom is 0.305 e. The summed E-state index contributed by atoms with van der Waals surface area (Å²) >= 11 is 0. The third-order valence-electron chi connectivity index (χ3n) is 4.23. The number of rotatable bonds is 5. The average Bonchev–Trinajstić information content (AvgIpc) is 2.58. The van der Waals surface area contributed by atoms with Gasteiger partial charge in [-0.25, -0.2) is 0 Å². The smallest absolute Gasteiger partial charge is 0.305 e. The molecule has 1 saturated heterocycles. The lowest BCUT2D eigenvalue weighted by Gasteiger charge is -2.34. The van der Waals surface area contributed by atoms with Crippen LogP contribution in [0.3, 0.4) is 0 Å². The molecule has 1 heterocycles. The summed E-state index contributed by atoms with van der Waals surface area (Å²) in [5, 5.41) is 11.9. The molecule has 1 aromatic rings. The monoisotopic (exact) mass is 362 g/mol. The molecule has 0 aliphatic carbocycles. The lowest BCUT2D eigenvalue weighted by Crippen LogP contribution is -2.49. The zero-order chi connectivity index (χ0) is 19.3. The van der Waals surface area contributed by atoms with Gasteiger partial charge in [0.15, 0.2) is 0 Å². The van der Waals surface area contributed by atoms with Gasteiger partial charge in [0, 0.05) is 24.1 Å². The van der Waals surface area contributed by atoms with Crippen LogP contribution >= 0.6 is 0 Å². The van der Waals surface area contributed by atoms with E-state index >= 15 is 0 Å². The Morgan fingerprint density at radius 2 is 1.88 bits per heavy atom. The molecule has 1 aliphatic heterocycles.